The number of aryl methyl sites for hydroxylation is 1. The summed E-state index contributed by atoms with van der Waals surface area (Å²) in [5.41, 5.74) is 2.73. The minimum absolute atomic E-state index is 0.151. The molecule has 0 amide bonds. The third kappa shape index (κ3) is 4.09. The SMILES string of the molecule is Cc1ccccc1COc1ccccc1C(=O)OC(C)C. The molecule has 0 aliphatic rings. The molecule has 3 heteroatoms. The Bertz CT molecular complexity index is 617. The molecule has 3 nitrogen and oxygen atoms in total. The zero-order chi connectivity index (χ0) is 15.2. The first-order chi connectivity index (χ1) is 10.1. The lowest BCUT2D eigenvalue weighted by Gasteiger charge is -2.13. The highest BCUT2D eigenvalue weighted by molar-refractivity contribution is 5.92. The average Bonchev–Trinajstić information content (AvgIpc) is 2.46. The Balaban J connectivity index is 2.14. The molecule has 0 bridgehead atoms. The average molecular weight is 284 g/mol. The van der Waals surface area contributed by atoms with Gasteiger partial charge in [-0.05, 0) is 44.0 Å². The predicted molar refractivity (Wildman–Crippen MR) is 82.5 cm³/mol. The van der Waals surface area contributed by atoms with Crippen LogP contribution >= 0.6 is 0 Å². The van der Waals surface area contributed by atoms with Gasteiger partial charge in [0.2, 0.25) is 0 Å². The molecule has 0 saturated heterocycles. The van der Waals surface area contributed by atoms with Crippen LogP contribution in [0.2, 0.25) is 0 Å². The fourth-order valence-electron chi connectivity index (χ4n) is 1.97. The molecule has 2 rings (SSSR count). The topological polar surface area (TPSA) is 35.5 Å². The number of rotatable bonds is 5. The maximum Gasteiger partial charge on any atom is 0.342 e. The Morgan fingerprint density at radius 1 is 1.05 bits per heavy atom. The van der Waals surface area contributed by atoms with Crippen LogP contribution in [0.25, 0.3) is 0 Å². The lowest BCUT2D eigenvalue weighted by Crippen LogP contribution is -2.13. The molecule has 21 heavy (non-hydrogen) atoms. The van der Waals surface area contributed by atoms with Gasteiger partial charge in [0.25, 0.3) is 0 Å². The molecule has 0 aromatic heterocycles. The number of ether oxygens (including phenoxy) is 2. The summed E-state index contributed by atoms with van der Waals surface area (Å²) in [5.74, 6) is 0.191. The second-order valence-corrected chi connectivity index (χ2v) is 5.17. The monoisotopic (exact) mass is 284 g/mol. The highest BCUT2D eigenvalue weighted by atomic mass is 16.5. The summed E-state index contributed by atoms with van der Waals surface area (Å²) in [6.07, 6.45) is -0.151. The molecule has 0 fully saturated rings. The fraction of sp³-hybridized carbons (Fsp3) is 0.278. The summed E-state index contributed by atoms with van der Waals surface area (Å²) in [7, 11) is 0. The molecule has 0 N–H and O–H groups in total. The molecule has 2 aromatic carbocycles. The molecule has 0 heterocycles. The lowest BCUT2D eigenvalue weighted by atomic mass is 10.1. The van der Waals surface area contributed by atoms with Gasteiger partial charge in [-0.1, -0.05) is 36.4 Å². The van der Waals surface area contributed by atoms with E-state index in [1.54, 1.807) is 18.2 Å². The van der Waals surface area contributed by atoms with Crippen molar-refractivity contribution in [3.05, 3.63) is 65.2 Å². The van der Waals surface area contributed by atoms with Crippen molar-refractivity contribution in [3.8, 4) is 5.75 Å². The number of para-hydroxylation sites is 1. The van der Waals surface area contributed by atoms with E-state index in [1.807, 2.05) is 51.1 Å². The zero-order valence-electron chi connectivity index (χ0n) is 12.6. The Morgan fingerprint density at radius 2 is 1.71 bits per heavy atom. The van der Waals surface area contributed by atoms with Gasteiger partial charge >= 0.3 is 5.97 Å². The number of hydrogen-bond acceptors (Lipinski definition) is 3. The molecule has 0 radical (unpaired) electrons. The van der Waals surface area contributed by atoms with E-state index in [1.165, 1.54) is 5.56 Å². The van der Waals surface area contributed by atoms with E-state index in [0.717, 1.165) is 5.56 Å². The summed E-state index contributed by atoms with van der Waals surface area (Å²) in [6, 6.07) is 15.2. The summed E-state index contributed by atoms with van der Waals surface area (Å²) < 4.78 is 11.0. The van der Waals surface area contributed by atoms with Crippen LogP contribution in [0.4, 0.5) is 0 Å². The highest BCUT2D eigenvalue weighted by Crippen LogP contribution is 2.21. The van der Waals surface area contributed by atoms with E-state index in [-0.39, 0.29) is 12.1 Å². The van der Waals surface area contributed by atoms with Crippen molar-refractivity contribution in [2.24, 2.45) is 0 Å². The summed E-state index contributed by atoms with van der Waals surface area (Å²) in [5, 5.41) is 0. The zero-order valence-corrected chi connectivity index (χ0v) is 12.6. The smallest absolute Gasteiger partial charge is 0.342 e. The van der Waals surface area contributed by atoms with E-state index in [4.69, 9.17) is 9.47 Å². The molecule has 0 spiro atoms. The van der Waals surface area contributed by atoms with Crippen LogP contribution in [0, 0.1) is 6.92 Å². The quantitative estimate of drug-likeness (QED) is 0.774. The van der Waals surface area contributed by atoms with Gasteiger partial charge in [-0.2, -0.15) is 0 Å². The predicted octanol–water partition coefficient (Wildman–Crippen LogP) is 4.14. The molecule has 0 atom stereocenters. The minimum atomic E-state index is -0.356. The minimum Gasteiger partial charge on any atom is -0.488 e. The maximum atomic E-state index is 12.1. The van der Waals surface area contributed by atoms with Crippen LogP contribution in [0.3, 0.4) is 0 Å². The van der Waals surface area contributed by atoms with Crippen molar-refractivity contribution in [3.63, 3.8) is 0 Å². The van der Waals surface area contributed by atoms with Crippen molar-refractivity contribution in [2.45, 2.75) is 33.5 Å². The van der Waals surface area contributed by atoms with Crippen LogP contribution in [0.5, 0.6) is 5.75 Å². The van der Waals surface area contributed by atoms with Gasteiger partial charge in [0.05, 0.1) is 6.10 Å². The number of carbonyl (C=O) groups excluding carboxylic acids is 1. The first-order valence-corrected chi connectivity index (χ1v) is 7.05. The van der Waals surface area contributed by atoms with Crippen LogP contribution < -0.4 is 4.74 Å². The van der Waals surface area contributed by atoms with E-state index in [9.17, 15) is 4.79 Å². The Morgan fingerprint density at radius 3 is 2.43 bits per heavy atom. The van der Waals surface area contributed by atoms with Crippen molar-refractivity contribution >= 4 is 5.97 Å². The van der Waals surface area contributed by atoms with Crippen molar-refractivity contribution in [1.29, 1.82) is 0 Å². The van der Waals surface area contributed by atoms with Gasteiger partial charge in [-0.15, -0.1) is 0 Å². The molecule has 0 saturated carbocycles. The largest absolute Gasteiger partial charge is 0.488 e. The molecule has 2 aromatic rings. The third-order valence-corrected chi connectivity index (χ3v) is 3.09. The van der Waals surface area contributed by atoms with Crippen molar-refractivity contribution in [1.82, 2.24) is 0 Å². The lowest BCUT2D eigenvalue weighted by molar-refractivity contribution is 0.0373. The van der Waals surface area contributed by atoms with E-state index in [2.05, 4.69) is 0 Å². The second kappa shape index (κ2) is 6.93. The van der Waals surface area contributed by atoms with Crippen LogP contribution in [0.15, 0.2) is 48.5 Å². The first-order valence-electron chi connectivity index (χ1n) is 7.05. The number of carbonyl (C=O) groups is 1. The number of esters is 1. The van der Waals surface area contributed by atoms with E-state index >= 15 is 0 Å². The molecule has 0 aliphatic heterocycles. The second-order valence-electron chi connectivity index (χ2n) is 5.17. The summed E-state index contributed by atoms with van der Waals surface area (Å²) in [4.78, 5) is 12.1. The maximum absolute atomic E-state index is 12.1. The van der Waals surface area contributed by atoms with Gasteiger partial charge in [-0.25, -0.2) is 4.79 Å². The van der Waals surface area contributed by atoms with Crippen LogP contribution in [-0.2, 0) is 11.3 Å². The van der Waals surface area contributed by atoms with Gasteiger partial charge in [0.15, 0.2) is 0 Å². The molecular weight excluding hydrogens is 264 g/mol. The van der Waals surface area contributed by atoms with Gasteiger partial charge in [0, 0.05) is 0 Å². The van der Waals surface area contributed by atoms with Gasteiger partial charge in [0.1, 0.15) is 17.9 Å². The highest BCUT2D eigenvalue weighted by Gasteiger charge is 2.15. The summed E-state index contributed by atoms with van der Waals surface area (Å²) >= 11 is 0. The first kappa shape index (κ1) is 15.1. The molecule has 0 unspecified atom stereocenters. The summed E-state index contributed by atoms with van der Waals surface area (Å²) in [6.45, 7) is 6.12. The molecule has 110 valence electrons. The number of benzene rings is 2. The fourth-order valence-corrected chi connectivity index (χ4v) is 1.97. The van der Waals surface area contributed by atoms with Crippen LogP contribution in [-0.4, -0.2) is 12.1 Å². The van der Waals surface area contributed by atoms with E-state index < -0.39 is 0 Å². The Kier molecular flexibility index (Phi) is 4.99. The molecule has 0 aliphatic carbocycles. The van der Waals surface area contributed by atoms with Gasteiger partial charge in [-0.3, -0.25) is 0 Å². The van der Waals surface area contributed by atoms with Crippen molar-refractivity contribution in [2.75, 3.05) is 0 Å². The number of hydrogen-bond donors (Lipinski definition) is 0. The standard InChI is InChI=1S/C18H20O3/c1-13(2)21-18(19)16-10-6-7-11-17(16)20-12-15-9-5-4-8-14(15)3/h4-11,13H,12H2,1-3H3. The molecular formula is C18H20O3. The van der Waals surface area contributed by atoms with Crippen LogP contribution in [0.1, 0.15) is 35.3 Å². The third-order valence-electron chi connectivity index (χ3n) is 3.09. The normalized spacial score (nSPS) is 10.5. The van der Waals surface area contributed by atoms with Crippen molar-refractivity contribution < 1.29 is 14.3 Å². The Hall–Kier alpha value is -2.29. The Labute approximate surface area is 125 Å². The van der Waals surface area contributed by atoms with E-state index in [0.29, 0.717) is 17.9 Å². The van der Waals surface area contributed by atoms with Gasteiger partial charge < -0.3 is 9.47 Å².